The van der Waals surface area contributed by atoms with Crippen molar-refractivity contribution in [1.82, 2.24) is 20.6 Å². The molecule has 0 amide bonds. The maximum absolute atomic E-state index is 5.92. The van der Waals surface area contributed by atoms with Crippen molar-refractivity contribution in [1.29, 1.82) is 0 Å². The Labute approximate surface area is 111 Å². The first-order valence-corrected chi connectivity index (χ1v) is 5.62. The largest absolute Gasteiger partial charge is 0.315 e. The van der Waals surface area contributed by atoms with Crippen LogP contribution in [0.25, 0.3) is 0 Å². The normalized spacial score (nSPS) is 19.5. The zero-order valence-electron chi connectivity index (χ0n) is 8.54. The van der Waals surface area contributed by atoms with Gasteiger partial charge in [-0.2, -0.15) is 0 Å². The van der Waals surface area contributed by atoms with E-state index < -0.39 is 0 Å². The molecule has 0 aliphatic carbocycles. The quantitative estimate of drug-likeness (QED) is 0.654. The molecule has 2 heterocycles. The first-order valence-electron chi connectivity index (χ1n) is 4.87. The fourth-order valence-electron chi connectivity index (χ4n) is 1.57. The molecule has 1 aliphatic rings. The zero-order valence-corrected chi connectivity index (χ0v) is 10.9. The number of hydrogen-bond donors (Lipinski definition) is 2. The minimum atomic E-state index is 0. The molecule has 0 aromatic carbocycles. The number of halogens is 3. The maximum Gasteiger partial charge on any atom is 0.223 e. The van der Waals surface area contributed by atoms with E-state index in [1.807, 2.05) is 0 Å². The molecule has 0 bridgehead atoms. The summed E-state index contributed by atoms with van der Waals surface area (Å²) in [6.07, 6.45) is 2.80. The lowest BCUT2D eigenvalue weighted by Gasteiger charge is -2.11. The molecular formula is C9H13Cl3N4. The van der Waals surface area contributed by atoms with Crippen LogP contribution in [0.15, 0.2) is 6.20 Å². The summed E-state index contributed by atoms with van der Waals surface area (Å²) in [5.41, 5.74) is 0.882. The molecule has 1 fully saturated rings. The third-order valence-electron chi connectivity index (χ3n) is 2.42. The zero-order chi connectivity index (χ0) is 10.7. The molecular weight excluding hydrogens is 270 g/mol. The molecule has 1 atom stereocenters. The summed E-state index contributed by atoms with van der Waals surface area (Å²) in [7, 11) is 0. The highest BCUT2D eigenvalue weighted by Crippen LogP contribution is 2.14. The summed E-state index contributed by atoms with van der Waals surface area (Å²) in [6, 6.07) is 0.511. The summed E-state index contributed by atoms with van der Waals surface area (Å²) in [5, 5.41) is 7.28. The summed E-state index contributed by atoms with van der Waals surface area (Å²) in [5.74, 6) is 0. The van der Waals surface area contributed by atoms with E-state index in [9.17, 15) is 0 Å². The predicted molar refractivity (Wildman–Crippen MR) is 67.4 cm³/mol. The van der Waals surface area contributed by atoms with Crippen LogP contribution >= 0.6 is 35.6 Å². The average molecular weight is 284 g/mol. The number of nitrogens with one attached hydrogen (secondary N) is 2. The second-order valence-corrected chi connectivity index (χ2v) is 4.22. The Hall–Kier alpha value is -0.130. The van der Waals surface area contributed by atoms with Crippen LogP contribution in [0.3, 0.4) is 0 Å². The van der Waals surface area contributed by atoms with Gasteiger partial charge in [0.25, 0.3) is 0 Å². The smallest absolute Gasteiger partial charge is 0.223 e. The van der Waals surface area contributed by atoms with Gasteiger partial charge in [-0.3, -0.25) is 0 Å². The van der Waals surface area contributed by atoms with Crippen LogP contribution in [0.5, 0.6) is 0 Å². The van der Waals surface area contributed by atoms with Crippen molar-refractivity contribution in [2.24, 2.45) is 0 Å². The van der Waals surface area contributed by atoms with Crippen LogP contribution in [0.2, 0.25) is 10.4 Å². The van der Waals surface area contributed by atoms with Crippen molar-refractivity contribution >= 4 is 35.6 Å². The lowest BCUT2D eigenvalue weighted by Crippen LogP contribution is -2.30. The van der Waals surface area contributed by atoms with Crippen LogP contribution < -0.4 is 10.6 Å². The number of aromatic nitrogens is 2. The second-order valence-electron chi connectivity index (χ2n) is 3.53. The molecule has 0 unspecified atom stereocenters. The van der Waals surface area contributed by atoms with E-state index in [0.29, 0.717) is 17.7 Å². The average Bonchev–Trinajstić information content (AvgIpc) is 2.69. The van der Waals surface area contributed by atoms with Gasteiger partial charge >= 0.3 is 0 Å². The molecule has 1 aromatic rings. The van der Waals surface area contributed by atoms with Gasteiger partial charge in [-0.25, -0.2) is 9.97 Å². The molecule has 0 radical (unpaired) electrons. The van der Waals surface area contributed by atoms with Gasteiger partial charge in [0, 0.05) is 30.9 Å². The van der Waals surface area contributed by atoms with Crippen molar-refractivity contribution in [2.75, 3.05) is 13.1 Å². The van der Waals surface area contributed by atoms with E-state index in [2.05, 4.69) is 20.6 Å². The number of hydrogen-bond acceptors (Lipinski definition) is 4. The third-order valence-corrected chi connectivity index (χ3v) is 2.93. The van der Waals surface area contributed by atoms with Gasteiger partial charge in [0.2, 0.25) is 5.28 Å². The molecule has 0 saturated carbocycles. The van der Waals surface area contributed by atoms with Gasteiger partial charge in [-0.15, -0.1) is 12.4 Å². The highest BCUT2D eigenvalue weighted by molar-refractivity contribution is 6.32. The molecule has 16 heavy (non-hydrogen) atoms. The molecule has 0 spiro atoms. The maximum atomic E-state index is 5.92. The highest BCUT2D eigenvalue weighted by Gasteiger charge is 2.14. The van der Waals surface area contributed by atoms with Crippen LogP contribution in [0.1, 0.15) is 12.0 Å². The van der Waals surface area contributed by atoms with E-state index in [-0.39, 0.29) is 17.7 Å². The van der Waals surface area contributed by atoms with Crippen LogP contribution in [-0.2, 0) is 6.54 Å². The van der Waals surface area contributed by atoms with Gasteiger partial charge in [0.1, 0.15) is 5.15 Å². The molecule has 7 heteroatoms. The molecule has 1 saturated heterocycles. The Kier molecular flexibility index (Phi) is 5.72. The summed E-state index contributed by atoms with van der Waals surface area (Å²) < 4.78 is 0. The summed E-state index contributed by atoms with van der Waals surface area (Å²) in [6.45, 7) is 2.76. The van der Waals surface area contributed by atoms with Gasteiger partial charge in [0.15, 0.2) is 0 Å². The topological polar surface area (TPSA) is 49.8 Å². The standard InChI is InChI=1S/C9H12Cl2N4.ClH/c10-8-6(4-14-9(11)15-8)3-13-7-1-2-12-5-7;/h4,7,12-13H,1-3,5H2;1H/t7-;/m1./s1. The predicted octanol–water partition coefficient (Wildman–Crippen LogP) is 1.66. The Morgan fingerprint density at radius 2 is 2.31 bits per heavy atom. The van der Waals surface area contributed by atoms with Crippen LogP contribution in [0, 0.1) is 0 Å². The Bertz CT molecular complexity index is 342. The van der Waals surface area contributed by atoms with Gasteiger partial charge in [-0.05, 0) is 24.6 Å². The van der Waals surface area contributed by atoms with E-state index in [4.69, 9.17) is 23.2 Å². The first kappa shape index (κ1) is 13.9. The number of rotatable bonds is 3. The molecule has 1 aliphatic heterocycles. The van der Waals surface area contributed by atoms with Crippen molar-refractivity contribution in [3.05, 3.63) is 22.2 Å². The summed E-state index contributed by atoms with van der Waals surface area (Å²) in [4.78, 5) is 7.78. The molecule has 2 N–H and O–H groups in total. The lowest BCUT2D eigenvalue weighted by atomic mass is 10.2. The monoisotopic (exact) mass is 282 g/mol. The van der Waals surface area contributed by atoms with Crippen molar-refractivity contribution in [3.8, 4) is 0 Å². The van der Waals surface area contributed by atoms with Gasteiger partial charge in [-0.1, -0.05) is 11.6 Å². The van der Waals surface area contributed by atoms with Crippen molar-refractivity contribution in [3.63, 3.8) is 0 Å². The highest BCUT2D eigenvalue weighted by atomic mass is 35.5. The van der Waals surface area contributed by atoms with E-state index in [1.165, 1.54) is 0 Å². The minimum Gasteiger partial charge on any atom is -0.315 e. The molecule has 4 nitrogen and oxygen atoms in total. The molecule has 1 aromatic heterocycles. The van der Waals surface area contributed by atoms with Crippen molar-refractivity contribution in [2.45, 2.75) is 19.0 Å². The number of nitrogens with zero attached hydrogens (tertiary/aromatic N) is 2. The van der Waals surface area contributed by atoms with Crippen LogP contribution in [0.4, 0.5) is 0 Å². The minimum absolute atomic E-state index is 0. The van der Waals surface area contributed by atoms with Crippen LogP contribution in [-0.4, -0.2) is 29.1 Å². The van der Waals surface area contributed by atoms with Gasteiger partial charge < -0.3 is 10.6 Å². The fourth-order valence-corrected chi connectivity index (χ4v) is 1.94. The van der Waals surface area contributed by atoms with Gasteiger partial charge in [0.05, 0.1) is 0 Å². The SMILES string of the molecule is Cl.Clc1ncc(CN[C@@H]2CCNC2)c(Cl)n1. The first-order chi connectivity index (χ1) is 7.25. The van der Waals surface area contributed by atoms with E-state index in [1.54, 1.807) is 6.20 Å². The van der Waals surface area contributed by atoms with E-state index >= 15 is 0 Å². The fraction of sp³-hybridized carbons (Fsp3) is 0.556. The summed E-state index contributed by atoms with van der Waals surface area (Å²) >= 11 is 11.5. The molecule has 2 rings (SSSR count). The Balaban J connectivity index is 0.00000128. The third kappa shape index (κ3) is 3.71. The van der Waals surface area contributed by atoms with E-state index in [0.717, 1.165) is 25.1 Å². The van der Waals surface area contributed by atoms with Crippen molar-refractivity contribution < 1.29 is 0 Å². The second kappa shape index (κ2) is 6.57. The molecule has 90 valence electrons. The lowest BCUT2D eigenvalue weighted by molar-refractivity contribution is 0.546. The Morgan fingerprint density at radius 1 is 1.50 bits per heavy atom. The Morgan fingerprint density at radius 3 is 2.94 bits per heavy atom.